The van der Waals surface area contributed by atoms with E-state index in [9.17, 15) is 17.6 Å². The number of rotatable bonds is 4. The average molecular weight is 299 g/mol. The van der Waals surface area contributed by atoms with E-state index in [4.69, 9.17) is 10.5 Å². The van der Waals surface area contributed by atoms with E-state index < -0.39 is 17.6 Å². The molecule has 0 radical (unpaired) electrons. The molecule has 0 spiro atoms. The first-order valence-corrected chi connectivity index (χ1v) is 6.25. The first-order chi connectivity index (χ1) is 9.93. The second kappa shape index (κ2) is 6.13. The maximum absolute atomic E-state index is 13.7. The Kier molecular flexibility index (Phi) is 4.47. The molecule has 2 aromatic rings. The molecule has 0 saturated heterocycles. The van der Waals surface area contributed by atoms with E-state index in [1.807, 2.05) is 0 Å². The minimum Gasteiger partial charge on any atom is -0.456 e. The number of ether oxygens (including phenoxy) is 1. The van der Waals surface area contributed by atoms with Gasteiger partial charge in [0.25, 0.3) is 0 Å². The summed E-state index contributed by atoms with van der Waals surface area (Å²) in [6.45, 7) is 0.165. The molecular weight excluding hydrogens is 286 g/mol. The topological polar surface area (TPSA) is 35.2 Å². The van der Waals surface area contributed by atoms with Crippen LogP contribution in [-0.2, 0) is 12.6 Å². The summed E-state index contributed by atoms with van der Waals surface area (Å²) in [6, 6.07) is 8.81. The Bertz CT molecular complexity index is 625. The monoisotopic (exact) mass is 299 g/mol. The average Bonchev–Trinajstić information content (AvgIpc) is 2.42. The van der Waals surface area contributed by atoms with Crippen LogP contribution in [0.4, 0.5) is 17.6 Å². The number of benzene rings is 2. The van der Waals surface area contributed by atoms with Gasteiger partial charge in [0, 0.05) is 5.56 Å². The van der Waals surface area contributed by atoms with Crippen molar-refractivity contribution < 1.29 is 22.3 Å². The van der Waals surface area contributed by atoms with Gasteiger partial charge in [-0.1, -0.05) is 18.2 Å². The Morgan fingerprint density at radius 1 is 0.952 bits per heavy atom. The van der Waals surface area contributed by atoms with Crippen molar-refractivity contribution in [1.29, 1.82) is 0 Å². The molecule has 0 aliphatic carbocycles. The van der Waals surface area contributed by atoms with Gasteiger partial charge in [0.2, 0.25) is 0 Å². The smallest absolute Gasteiger partial charge is 0.419 e. The van der Waals surface area contributed by atoms with Crippen molar-refractivity contribution in [1.82, 2.24) is 0 Å². The number of nitrogens with two attached hydrogens (primary N) is 1. The van der Waals surface area contributed by atoms with Crippen LogP contribution in [0.15, 0.2) is 42.5 Å². The van der Waals surface area contributed by atoms with E-state index >= 15 is 0 Å². The van der Waals surface area contributed by atoms with Crippen molar-refractivity contribution in [2.75, 3.05) is 6.54 Å². The van der Waals surface area contributed by atoms with Crippen LogP contribution in [0.3, 0.4) is 0 Å². The molecule has 0 atom stereocenters. The lowest BCUT2D eigenvalue weighted by Crippen LogP contribution is -2.09. The van der Waals surface area contributed by atoms with Gasteiger partial charge < -0.3 is 10.5 Å². The standard InChI is InChI=1S/C15H13F4NO/c16-12-5-3-7-13(10(12)8-9-20)21-14-6-2-1-4-11(14)15(17,18)19/h1-7H,8-9,20H2. The number of hydrogen-bond donors (Lipinski definition) is 1. The molecule has 0 heterocycles. The third kappa shape index (κ3) is 3.52. The van der Waals surface area contributed by atoms with Crippen molar-refractivity contribution in [2.45, 2.75) is 12.6 Å². The number of hydrogen-bond acceptors (Lipinski definition) is 2. The Balaban J connectivity index is 2.42. The van der Waals surface area contributed by atoms with Gasteiger partial charge in [-0.25, -0.2) is 4.39 Å². The predicted octanol–water partition coefficient (Wildman–Crippen LogP) is 4.14. The highest BCUT2D eigenvalue weighted by molar-refractivity contribution is 5.43. The summed E-state index contributed by atoms with van der Waals surface area (Å²) in [5, 5.41) is 0. The van der Waals surface area contributed by atoms with Gasteiger partial charge in [-0.15, -0.1) is 0 Å². The molecular formula is C15H13F4NO. The number of alkyl halides is 3. The molecule has 2 N–H and O–H groups in total. The molecule has 112 valence electrons. The fraction of sp³-hybridized carbons (Fsp3) is 0.200. The van der Waals surface area contributed by atoms with Gasteiger partial charge in [-0.3, -0.25) is 0 Å². The molecule has 0 saturated carbocycles. The quantitative estimate of drug-likeness (QED) is 0.861. The van der Waals surface area contributed by atoms with Gasteiger partial charge in [0.15, 0.2) is 0 Å². The highest BCUT2D eigenvalue weighted by Gasteiger charge is 2.34. The van der Waals surface area contributed by atoms with Crippen LogP contribution in [0, 0.1) is 5.82 Å². The maximum Gasteiger partial charge on any atom is 0.419 e. The maximum atomic E-state index is 13.7. The molecule has 0 aliphatic heterocycles. The van der Waals surface area contributed by atoms with Gasteiger partial charge in [0.05, 0.1) is 5.56 Å². The normalized spacial score (nSPS) is 11.5. The fourth-order valence-corrected chi connectivity index (χ4v) is 1.93. The van der Waals surface area contributed by atoms with Crippen LogP contribution in [0.5, 0.6) is 11.5 Å². The molecule has 0 unspecified atom stereocenters. The zero-order valence-corrected chi connectivity index (χ0v) is 11.0. The summed E-state index contributed by atoms with van der Waals surface area (Å²) >= 11 is 0. The molecule has 0 amide bonds. The second-order valence-electron chi connectivity index (χ2n) is 4.35. The number of para-hydroxylation sites is 1. The molecule has 2 rings (SSSR count). The predicted molar refractivity (Wildman–Crippen MR) is 70.7 cm³/mol. The lowest BCUT2D eigenvalue weighted by molar-refractivity contribution is -0.138. The summed E-state index contributed by atoms with van der Waals surface area (Å²) in [5.41, 5.74) is 4.64. The van der Waals surface area contributed by atoms with Gasteiger partial charge >= 0.3 is 6.18 Å². The first kappa shape index (κ1) is 15.3. The summed E-state index contributed by atoms with van der Waals surface area (Å²) < 4.78 is 57.7. The third-order valence-electron chi connectivity index (χ3n) is 2.88. The van der Waals surface area contributed by atoms with Crippen LogP contribution in [0.25, 0.3) is 0 Å². The van der Waals surface area contributed by atoms with Crippen molar-refractivity contribution in [3.05, 3.63) is 59.4 Å². The fourth-order valence-electron chi connectivity index (χ4n) is 1.93. The highest BCUT2D eigenvalue weighted by Crippen LogP contribution is 2.38. The highest BCUT2D eigenvalue weighted by atomic mass is 19.4. The Labute approximate surface area is 119 Å². The second-order valence-corrected chi connectivity index (χ2v) is 4.35. The van der Waals surface area contributed by atoms with Crippen LogP contribution in [-0.4, -0.2) is 6.54 Å². The third-order valence-corrected chi connectivity index (χ3v) is 2.88. The van der Waals surface area contributed by atoms with Crippen LogP contribution < -0.4 is 10.5 Å². The Morgan fingerprint density at radius 3 is 2.29 bits per heavy atom. The summed E-state index contributed by atoms with van der Waals surface area (Å²) in [7, 11) is 0. The van der Waals surface area contributed by atoms with Crippen LogP contribution >= 0.6 is 0 Å². The van der Waals surface area contributed by atoms with E-state index in [1.165, 1.54) is 36.4 Å². The minimum atomic E-state index is -4.54. The van der Waals surface area contributed by atoms with Crippen molar-refractivity contribution in [3.63, 3.8) is 0 Å². The van der Waals surface area contributed by atoms with Crippen LogP contribution in [0.2, 0.25) is 0 Å². The lowest BCUT2D eigenvalue weighted by atomic mass is 10.1. The Morgan fingerprint density at radius 2 is 1.62 bits per heavy atom. The lowest BCUT2D eigenvalue weighted by Gasteiger charge is -2.15. The first-order valence-electron chi connectivity index (χ1n) is 6.25. The molecule has 0 aliphatic rings. The van der Waals surface area contributed by atoms with Gasteiger partial charge in [-0.05, 0) is 37.2 Å². The SMILES string of the molecule is NCCc1c(F)cccc1Oc1ccccc1C(F)(F)F. The zero-order valence-electron chi connectivity index (χ0n) is 11.0. The summed E-state index contributed by atoms with van der Waals surface area (Å²) in [4.78, 5) is 0. The van der Waals surface area contributed by atoms with Gasteiger partial charge in [0.1, 0.15) is 17.3 Å². The molecule has 0 fully saturated rings. The largest absolute Gasteiger partial charge is 0.456 e. The van der Waals surface area contributed by atoms with E-state index in [1.54, 1.807) is 0 Å². The summed E-state index contributed by atoms with van der Waals surface area (Å²) in [6.07, 6.45) is -4.37. The summed E-state index contributed by atoms with van der Waals surface area (Å²) in [5.74, 6) is -0.881. The zero-order chi connectivity index (χ0) is 15.5. The van der Waals surface area contributed by atoms with E-state index in [0.717, 1.165) is 6.07 Å². The molecule has 0 aromatic heterocycles. The Hall–Kier alpha value is -2.08. The molecule has 2 aromatic carbocycles. The van der Waals surface area contributed by atoms with E-state index in [0.29, 0.717) is 0 Å². The molecule has 21 heavy (non-hydrogen) atoms. The van der Waals surface area contributed by atoms with Gasteiger partial charge in [-0.2, -0.15) is 13.2 Å². The van der Waals surface area contributed by atoms with E-state index in [-0.39, 0.29) is 30.0 Å². The van der Waals surface area contributed by atoms with Crippen LogP contribution in [0.1, 0.15) is 11.1 Å². The molecule has 0 bridgehead atoms. The van der Waals surface area contributed by atoms with Crippen molar-refractivity contribution >= 4 is 0 Å². The number of halogens is 4. The minimum absolute atomic E-state index is 0.0390. The van der Waals surface area contributed by atoms with Crippen molar-refractivity contribution in [3.8, 4) is 11.5 Å². The van der Waals surface area contributed by atoms with E-state index in [2.05, 4.69) is 0 Å². The molecule has 6 heteroatoms. The van der Waals surface area contributed by atoms with Crippen molar-refractivity contribution in [2.24, 2.45) is 5.73 Å². The molecule has 2 nitrogen and oxygen atoms in total.